The number of nitrogens with one attached hydrogen (secondary N) is 1. The normalized spacial score (nSPS) is 11.1. The van der Waals surface area contributed by atoms with E-state index in [0.717, 1.165) is 11.8 Å². The van der Waals surface area contributed by atoms with Gasteiger partial charge in [-0.15, -0.1) is 11.8 Å². The van der Waals surface area contributed by atoms with E-state index in [0.29, 0.717) is 0 Å². The number of hydrogen-bond donors (Lipinski definition) is 2. The highest BCUT2D eigenvalue weighted by Gasteiger charge is 2.12. The molecule has 0 aromatic heterocycles. The third-order valence-corrected chi connectivity index (χ3v) is 1.85. The Morgan fingerprint density at radius 1 is 1.36 bits per heavy atom. The van der Waals surface area contributed by atoms with Crippen molar-refractivity contribution in [2.75, 3.05) is 11.5 Å². The van der Waals surface area contributed by atoms with Crippen LogP contribution in [0.5, 0.6) is 0 Å². The molecule has 1 amide bonds. The summed E-state index contributed by atoms with van der Waals surface area (Å²) >= 11 is 1.03. The first kappa shape index (κ1) is 13.2. The molecule has 5 nitrogen and oxygen atoms in total. The highest BCUT2D eigenvalue weighted by molar-refractivity contribution is 8.00. The van der Waals surface area contributed by atoms with Gasteiger partial charge in [-0.1, -0.05) is 0 Å². The lowest BCUT2D eigenvalue weighted by molar-refractivity contribution is -0.142. The van der Waals surface area contributed by atoms with Gasteiger partial charge in [-0.2, -0.15) is 0 Å². The molecule has 0 fully saturated rings. The second-order valence-electron chi connectivity index (χ2n) is 3.63. The molecule has 0 bridgehead atoms. The second-order valence-corrected chi connectivity index (χ2v) is 4.61. The van der Waals surface area contributed by atoms with Crippen LogP contribution in [0, 0.1) is 0 Å². The molecule has 0 radical (unpaired) electrons. The number of amides is 1. The summed E-state index contributed by atoms with van der Waals surface area (Å²) in [5.41, 5.74) is 1.81. The number of carboxylic acid groups (broad SMARTS) is 1. The van der Waals surface area contributed by atoms with Crippen molar-refractivity contribution in [2.45, 2.75) is 26.4 Å². The van der Waals surface area contributed by atoms with E-state index < -0.39 is 11.6 Å². The van der Waals surface area contributed by atoms with Gasteiger partial charge in [0, 0.05) is 0 Å². The number of hydroxylamine groups is 1. The lowest BCUT2D eigenvalue weighted by Gasteiger charge is -2.18. The van der Waals surface area contributed by atoms with Crippen molar-refractivity contribution in [3.05, 3.63) is 0 Å². The topological polar surface area (TPSA) is 75.6 Å². The Kier molecular flexibility index (Phi) is 5.56. The van der Waals surface area contributed by atoms with Crippen LogP contribution in [0.4, 0.5) is 0 Å². The molecular formula is C8H15NO4S. The number of hydrogen-bond acceptors (Lipinski definition) is 4. The standard InChI is InChI=1S/C8H15NO4S/c1-8(2,3)13-9-6(10)4-14-5-7(11)12/h4-5H2,1-3H3,(H,9,10)(H,11,12). The molecule has 0 aliphatic rings. The summed E-state index contributed by atoms with van der Waals surface area (Å²) in [4.78, 5) is 26.1. The Bertz CT molecular complexity index is 212. The second kappa shape index (κ2) is 5.87. The van der Waals surface area contributed by atoms with E-state index in [-0.39, 0.29) is 17.4 Å². The van der Waals surface area contributed by atoms with Gasteiger partial charge >= 0.3 is 5.97 Å². The van der Waals surface area contributed by atoms with Crippen molar-refractivity contribution in [3.8, 4) is 0 Å². The monoisotopic (exact) mass is 221 g/mol. The fraction of sp³-hybridized carbons (Fsp3) is 0.750. The molecule has 0 atom stereocenters. The average molecular weight is 221 g/mol. The van der Waals surface area contributed by atoms with Crippen molar-refractivity contribution in [1.82, 2.24) is 5.48 Å². The lowest BCUT2D eigenvalue weighted by Crippen LogP contribution is -2.34. The molecule has 0 aromatic rings. The van der Waals surface area contributed by atoms with Gasteiger partial charge in [0.2, 0.25) is 0 Å². The van der Waals surface area contributed by atoms with E-state index in [1.54, 1.807) is 20.8 Å². The molecule has 0 spiro atoms. The molecule has 0 aromatic carbocycles. The molecule has 82 valence electrons. The molecule has 2 N–H and O–H groups in total. The van der Waals surface area contributed by atoms with Gasteiger partial charge in [0.25, 0.3) is 5.91 Å². The molecule has 0 saturated heterocycles. The van der Waals surface area contributed by atoms with Gasteiger partial charge < -0.3 is 5.11 Å². The van der Waals surface area contributed by atoms with E-state index in [4.69, 9.17) is 9.94 Å². The van der Waals surface area contributed by atoms with E-state index in [2.05, 4.69) is 5.48 Å². The van der Waals surface area contributed by atoms with Crippen LogP contribution in [0.3, 0.4) is 0 Å². The molecule has 0 aliphatic heterocycles. The third-order valence-electron chi connectivity index (χ3n) is 0.930. The van der Waals surface area contributed by atoms with Gasteiger partial charge in [-0.25, -0.2) is 5.48 Å². The summed E-state index contributed by atoms with van der Waals surface area (Å²) in [7, 11) is 0. The lowest BCUT2D eigenvalue weighted by atomic mass is 10.2. The molecule has 0 unspecified atom stereocenters. The third kappa shape index (κ3) is 9.34. The quantitative estimate of drug-likeness (QED) is 0.667. The zero-order valence-corrected chi connectivity index (χ0v) is 9.31. The molecule has 14 heavy (non-hydrogen) atoms. The minimum absolute atomic E-state index is 0.0804. The van der Waals surface area contributed by atoms with E-state index in [9.17, 15) is 9.59 Å². The van der Waals surface area contributed by atoms with Crippen LogP contribution in [0.15, 0.2) is 0 Å². The maximum Gasteiger partial charge on any atom is 0.313 e. The maximum atomic E-state index is 11.0. The first-order chi connectivity index (χ1) is 6.31. The number of carboxylic acids is 1. The van der Waals surface area contributed by atoms with E-state index in [1.807, 2.05) is 0 Å². The highest BCUT2D eigenvalue weighted by atomic mass is 32.2. The number of rotatable bonds is 5. The minimum atomic E-state index is -0.931. The number of aliphatic carboxylic acids is 1. The fourth-order valence-electron chi connectivity index (χ4n) is 0.471. The van der Waals surface area contributed by atoms with Gasteiger partial charge in [0.05, 0.1) is 17.1 Å². The van der Waals surface area contributed by atoms with Gasteiger partial charge in [-0.3, -0.25) is 14.4 Å². The first-order valence-electron chi connectivity index (χ1n) is 4.07. The van der Waals surface area contributed by atoms with E-state index >= 15 is 0 Å². The molecular weight excluding hydrogens is 206 g/mol. The van der Waals surface area contributed by atoms with Crippen LogP contribution in [0.2, 0.25) is 0 Å². The summed E-state index contributed by atoms with van der Waals surface area (Å²) in [5, 5.41) is 8.30. The first-order valence-corrected chi connectivity index (χ1v) is 5.23. The summed E-state index contributed by atoms with van der Waals surface area (Å²) in [6, 6.07) is 0. The van der Waals surface area contributed by atoms with E-state index in [1.165, 1.54) is 0 Å². The summed E-state index contributed by atoms with van der Waals surface area (Å²) in [6.45, 7) is 5.41. The smallest absolute Gasteiger partial charge is 0.313 e. The molecule has 0 heterocycles. The minimum Gasteiger partial charge on any atom is -0.481 e. The van der Waals surface area contributed by atoms with Gasteiger partial charge in [0.1, 0.15) is 0 Å². The summed E-state index contributed by atoms with van der Waals surface area (Å²) in [6.07, 6.45) is 0. The van der Waals surface area contributed by atoms with Crippen LogP contribution >= 0.6 is 11.8 Å². The molecule has 0 saturated carbocycles. The number of carbonyl (C=O) groups is 2. The molecule has 6 heteroatoms. The van der Waals surface area contributed by atoms with Crippen LogP contribution in [-0.2, 0) is 14.4 Å². The van der Waals surface area contributed by atoms with Crippen molar-refractivity contribution in [3.63, 3.8) is 0 Å². The van der Waals surface area contributed by atoms with Crippen LogP contribution in [-0.4, -0.2) is 34.1 Å². The Morgan fingerprint density at radius 2 is 1.93 bits per heavy atom. The molecule has 0 aliphatic carbocycles. The Morgan fingerprint density at radius 3 is 2.36 bits per heavy atom. The summed E-state index contributed by atoms with van der Waals surface area (Å²) in [5.74, 6) is -1.25. The fourth-order valence-corrected chi connectivity index (χ4v) is 0.992. The SMILES string of the molecule is CC(C)(C)ONC(=O)CSCC(=O)O. The number of carbonyl (C=O) groups excluding carboxylic acids is 1. The Balaban J connectivity index is 3.52. The number of thioether (sulfide) groups is 1. The van der Waals surface area contributed by atoms with Crippen LogP contribution in [0.25, 0.3) is 0 Å². The average Bonchev–Trinajstić information content (AvgIpc) is 1.99. The van der Waals surface area contributed by atoms with Gasteiger partial charge in [-0.05, 0) is 20.8 Å². The summed E-state index contributed by atoms with van der Waals surface area (Å²) < 4.78 is 0. The van der Waals surface area contributed by atoms with Gasteiger partial charge in [0.15, 0.2) is 0 Å². The zero-order valence-electron chi connectivity index (χ0n) is 8.49. The predicted octanol–water partition coefficient (Wildman–Crippen LogP) is 0.650. The van der Waals surface area contributed by atoms with Crippen LogP contribution in [0.1, 0.15) is 20.8 Å². The molecule has 0 rings (SSSR count). The van der Waals surface area contributed by atoms with Crippen LogP contribution < -0.4 is 5.48 Å². The van der Waals surface area contributed by atoms with Crippen molar-refractivity contribution in [1.29, 1.82) is 0 Å². The maximum absolute atomic E-state index is 11.0. The predicted molar refractivity (Wildman–Crippen MR) is 53.9 cm³/mol. The van der Waals surface area contributed by atoms with Crippen molar-refractivity contribution < 1.29 is 19.5 Å². The zero-order chi connectivity index (χ0) is 11.2. The Hall–Kier alpha value is -0.750. The van der Waals surface area contributed by atoms with Crippen molar-refractivity contribution >= 4 is 23.6 Å². The highest BCUT2D eigenvalue weighted by Crippen LogP contribution is 2.04. The Labute approximate surface area is 87.2 Å². The largest absolute Gasteiger partial charge is 0.481 e. The van der Waals surface area contributed by atoms with Crippen molar-refractivity contribution in [2.24, 2.45) is 0 Å².